The zero-order valence-corrected chi connectivity index (χ0v) is 3.46. The Bertz CT molecular complexity index is 58.1. The van der Waals surface area contributed by atoms with E-state index in [-0.39, 0.29) is 0 Å². The highest BCUT2D eigenvalue weighted by Gasteiger charge is 1.26. The SMILES string of the molecule is [CH-]=C/C=C/C=[CH-]. The van der Waals surface area contributed by atoms with Crippen molar-refractivity contribution in [2.45, 2.75) is 0 Å². The van der Waals surface area contributed by atoms with Crippen molar-refractivity contribution in [3.8, 4) is 0 Å². The largest absolute Gasteiger partial charge is 0.294 e. The zero-order valence-electron chi connectivity index (χ0n) is 3.46. The van der Waals surface area contributed by atoms with E-state index in [2.05, 4.69) is 0 Å². The van der Waals surface area contributed by atoms with Gasteiger partial charge in [0.05, 0.1) is 0 Å². The predicted molar refractivity (Wildman–Crippen MR) is 26.9 cm³/mol. The smallest absolute Gasteiger partial charge is 0.259 e. The third kappa shape index (κ3) is 3.22. The molecule has 0 aliphatic heterocycles. The fraction of sp³-hybridized carbons (Fsp3) is 0. The Morgan fingerprint density at radius 3 is 1.33 bits per heavy atom. The van der Waals surface area contributed by atoms with Gasteiger partial charge in [0, 0.05) is 0 Å². The minimum Gasteiger partial charge on any atom is -0.294 e. The summed E-state index contributed by atoms with van der Waals surface area (Å²) in [5, 5.41) is 0. The predicted octanol–water partition coefficient (Wildman–Crippen LogP) is 1.52. The number of hydrogen-bond donors (Lipinski definition) is 0. The molecule has 0 fully saturated rings. The Balaban J connectivity index is 3.17. The summed E-state index contributed by atoms with van der Waals surface area (Å²) in [6, 6.07) is 0. The Kier molecular flexibility index (Phi) is 3.67. The fourth-order valence-corrected chi connectivity index (χ4v) is 0.128. The van der Waals surface area contributed by atoms with Crippen LogP contribution < -0.4 is 0 Å². The first kappa shape index (κ1) is 5.22. The van der Waals surface area contributed by atoms with Gasteiger partial charge in [0.15, 0.2) is 0 Å². The van der Waals surface area contributed by atoms with E-state index in [0.717, 1.165) is 0 Å². The third-order valence-electron chi connectivity index (χ3n) is 0.333. The van der Waals surface area contributed by atoms with E-state index in [1.165, 1.54) is 12.2 Å². The molecule has 0 N–H and O–H groups in total. The van der Waals surface area contributed by atoms with Gasteiger partial charge in [-0.25, -0.2) is 0 Å². The van der Waals surface area contributed by atoms with Gasteiger partial charge in [0.25, 0.3) is 0 Å². The van der Waals surface area contributed by atoms with Crippen molar-refractivity contribution in [2.24, 2.45) is 0 Å². The maximum Gasteiger partial charge on any atom is -0.259 e. The molecule has 0 unspecified atom stereocenters. The Hall–Kier alpha value is -0.780. The monoisotopic (exact) mass is 78.0 g/mol. The molecule has 0 aromatic heterocycles. The molecule has 0 aromatic rings. The molecule has 0 saturated carbocycles. The fourth-order valence-electron chi connectivity index (χ4n) is 0.128. The number of allylic oxidation sites excluding steroid dienone is 4. The van der Waals surface area contributed by atoms with Gasteiger partial charge in [-0.15, -0.1) is 0 Å². The van der Waals surface area contributed by atoms with Crippen molar-refractivity contribution in [3.05, 3.63) is 37.5 Å². The quantitative estimate of drug-likeness (QED) is 0.347. The van der Waals surface area contributed by atoms with E-state index in [9.17, 15) is 0 Å². The van der Waals surface area contributed by atoms with Crippen LogP contribution in [0.1, 0.15) is 0 Å². The summed E-state index contributed by atoms with van der Waals surface area (Å²) in [4.78, 5) is 0. The van der Waals surface area contributed by atoms with Crippen molar-refractivity contribution < 1.29 is 0 Å². The molecule has 0 amide bonds. The lowest BCUT2D eigenvalue weighted by atomic mass is 10.5. The van der Waals surface area contributed by atoms with E-state index in [1.54, 1.807) is 12.2 Å². The summed E-state index contributed by atoms with van der Waals surface area (Å²) in [6.45, 7) is 9.85. The summed E-state index contributed by atoms with van der Waals surface area (Å²) in [5.41, 5.74) is 0. The molecule has 0 heterocycles. The summed E-state index contributed by atoms with van der Waals surface area (Å²) in [7, 11) is 0. The van der Waals surface area contributed by atoms with Crippen LogP contribution in [0.3, 0.4) is 0 Å². The molecular weight excluding hydrogens is 72.1 g/mol. The molecule has 0 nitrogen and oxygen atoms in total. The van der Waals surface area contributed by atoms with E-state index < -0.39 is 0 Å². The van der Waals surface area contributed by atoms with Gasteiger partial charge < -0.3 is 0 Å². The summed E-state index contributed by atoms with van der Waals surface area (Å²) < 4.78 is 0. The molecule has 0 aromatic carbocycles. The van der Waals surface area contributed by atoms with Crippen molar-refractivity contribution in [3.63, 3.8) is 0 Å². The van der Waals surface area contributed by atoms with E-state index in [4.69, 9.17) is 13.2 Å². The van der Waals surface area contributed by atoms with Crippen LogP contribution in [0.5, 0.6) is 0 Å². The summed E-state index contributed by atoms with van der Waals surface area (Å²) in [5.74, 6) is 0. The topological polar surface area (TPSA) is 0 Å². The van der Waals surface area contributed by atoms with Crippen LogP contribution in [0.25, 0.3) is 0 Å². The molecule has 0 atom stereocenters. The van der Waals surface area contributed by atoms with Crippen LogP contribution >= 0.6 is 0 Å². The van der Waals surface area contributed by atoms with E-state index in [1.807, 2.05) is 0 Å². The second kappa shape index (κ2) is 4.22. The van der Waals surface area contributed by atoms with Crippen LogP contribution in [0.2, 0.25) is 0 Å². The van der Waals surface area contributed by atoms with Gasteiger partial charge in [-0.1, -0.05) is 0 Å². The van der Waals surface area contributed by atoms with Crippen molar-refractivity contribution >= 4 is 0 Å². The normalized spacial score (nSPS) is 8.67. The van der Waals surface area contributed by atoms with Crippen molar-refractivity contribution in [2.75, 3.05) is 0 Å². The minimum atomic E-state index is 1.42. The first-order valence-corrected chi connectivity index (χ1v) is 1.67. The summed E-state index contributed by atoms with van der Waals surface area (Å²) >= 11 is 0. The number of rotatable bonds is 2. The minimum absolute atomic E-state index is 1.42. The van der Waals surface area contributed by atoms with Crippen LogP contribution in [0.15, 0.2) is 24.3 Å². The first-order valence-electron chi connectivity index (χ1n) is 1.67. The van der Waals surface area contributed by atoms with Crippen molar-refractivity contribution in [1.82, 2.24) is 0 Å². The molecule has 0 aliphatic rings. The van der Waals surface area contributed by atoms with Crippen LogP contribution in [0, 0.1) is 13.2 Å². The molecule has 0 saturated heterocycles. The van der Waals surface area contributed by atoms with E-state index >= 15 is 0 Å². The second-order valence-electron chi connectivity index (χ2n) is 0.770. The second-order valence-corrected chi connectivity index (χ2v) is 0.770. The molecule has 0 aliphatic carbocycles. The van der Waals surface area contributed by atoms with Crippen LogP contribution in [-0.2, 0) is 0 Å². The summed E-state index contributed by atoms with van der Waals surface area (Å²) in [6.07, 6.45) is 6.15. The lowest BCUT2D eigenvalue weighted by Crippen LogP contribution is -1.38. The zero-order chi connectivity index (χ0) is 4.83. The number of hydrogen-bond acceptors (Lipinski definition) is 0. The van der Waals surface area contributed by atoms with Crippen LogP contribution in [0.4, 0.5) is 0 Å². The van der Waals surface area contributed by atoms with Gasteiger partial charge in [0.1, 0.15) is 0 Å². The maximum atomic E-state index is 4.93. The lowest BCUT2D eigenvalue weighted by Gasteiger charge is -1.81. The van der Waals surface area contributed by atoms with E-state index in [0.29, 0.717) is 0 Å². The molecule has 0 rings (SSSR count). The highest BCUT2D eigenvalue weighted by Crippen LogP contribution is 1.69. The Labute approximate surface area is 38.5 Å². The Morgan fingerprint density at radius 2 is 1.17 bits per heavy atom. The molecule has 0 bridgehead atoms. The molecule has 0 radical (unpaired) electrons. The average Bonchev–Trinajstić information content (AvgIpc) is 1.61. The average molecular weight is 78.1 g/mol. The molecule has 32 valence electrons. The van der Waals surface area contributed by atoms with Gasteiger partial charge in [0.2, 0.25) is 0 Å². The first-order chi connectivity index (χ1) is 2.91. The van der Waals surface area contributed by atoms with Gasteiger partial charge in [-0.2, -0.15) is 0 Å². The third-order valence-corrected chi connectivity index (χ3v) is 0.333. The standard InChI is InChI=1S/C6H6/c1-3-5-6-4-2/h1-6H/q-2/b6-5+. The molecule has 0 spiro atoms. The van der Waals surface area contributed by atoms with Gasteiger partial charge in [-0.05, 0) is 0 Å². The Morgan fingerprint density at radius 1 is 0.833 bits per heavy atom. The van der Waals surface area contributed by atoms with Crippen LogP contribution in [-0.4, -0.2) is 0 Å². The molecular formula is C6H6-2. The molecule has 0 heteroatoms. The van der Waals surface area contributed by atoms with Gasteiger partial charge >= 0.3 is 0 Å². The molecule has 6 heavy (non-hydrogen) atoms. The van der Waals surface area contributed by atoms with Gasteiger partial charge in [-0.3, -0.25) is 37.5 Å². The highest BCUT2D eigenvalue weighted by molar-refractivity contribution is 5.03. The maximum absolute atomic E-state index is 4.93. The highest BCUT2D eigenvalue weighted by atomic mass is 13.5. The van der Waals surface area contributed by atoms with Crippen molar-refractivity contribution in [1.29, 1.82) is 0 Å². The lowest BCUT2D eigenvalue weighted by molar-refractivity contribution is 1.95.